The van der Waals surface area contributed by atoms with E-state index in [0.29, 0.717) is 36.7 Å². The molecule has 0 saturated carbocycles. The maximum Gasteiger partial charge on any atom is 0.260 e. The SMILES string of the molecule is CCCCC(=O)NCc1ccc(Cn2c(CCCC)nc3c(N)nnc(OC(C)C)c32)cc1. The van der Waals surface area contributed by atoms with Crippen LogP contribution in [0.2, 0.25) is 0 Å². The van der Waals surface area contributed by atoms with Crippen LogP contribution < -0.4 is 15.8 Å². The highest BCUT2D eigenvalue weighted by Gasteiger charge is 2.20. The van der Waals surface area contributed by atoms with Crippen LogP contribution >= 0.6 is 0 Å². The maximum atomic E-state index is 11.9. The number of nitrogen functional groups attached to an aromatic ring is 1. The second-order valence-corrected chi connectivity index (χ2v) is 8.67. The number of carbonyl (C=O) groups is 1. The van der Waals surface area contributed by atoms with Gasteiger partial charge in [-0.15, -0.1) is 10.2 Å². The van der Waals surface area contributed by atoms with Gasteiger partial charge >= 0.3 is 0 Å². The van der Waals surface area contributed by atoms with Crippen LogP contribution in [0.5, 0.6) is 5.88 Å². The zero-order valence-electron chi connectivity index (χ0n) is 20.2. The van der Waals surface area contributed by atoms with Gasteiger partial charge in [-0.3, -0.25) is 4.79 Å². The minimum atomic E-state index is -0.0413. The summed E-state index contributed by atoms with van der Waals surface area (Å²) in [5, 5.41) is 11.3. The van der Waals surface area contributed by atoms with E-state index in [2.05, 4.69) is 58.2 Å². The molecule has 178 valence electrons. The molecular formula is C25H36N6O2. The van der Waals surface area contributed by atoms with Gasteiger partial charge in [-0.1, -0.05) is 51.0 Å². The first-order valence-corrected chi connectivity index (χ1v) is 11.9. The molecule has 3 aromatic rings. The van der Waals surface area contributed by atoms with Gasteiger partial charge < -0.3 is 20.4 Å². The Morgan fingerprint density at radius 3 is 2.45 bits per heavy atom. The number of aryl methyl sites for hydroxylation is 1. The van der Waals surface area contributed by atoms with Gasteiger partial charge in [-0.25, -0.2) is 4.98 Å². The molecule has 2 heterocycles. The average molecular weight is 453 g/mol. The van der Waals surface area contributed by atoms with Crippen molar-refractivity contribution in [3.8, 4) is 5.88 Å². The van der Waals surface area contributed by atoms with Gasteiger partial charge in [0.05, 0.1) is 6.10 Å². The number of ether oxygens (including phenoxy) is 1. The summed E-state index contributed by atoms with van der Waals surface area (Å²) in [4.78, 5) is 16.7. The topological polar surface area (TPSA) is 108 Å². The van der Waals surface area contributed by atoms with E-state index >= 15 is 0 Å². The Kier molecular flexibility index (Phi) is 8.63. The van der Waals surface area contributed by atoms with Crippen LogP contribution in [0, 0.1) is 0 Å². The Labute approximate surface area is 195 Å². The van der Waals surface area contributed by atoms with Gasteiger partial charge in [-0.2, -0.15) is 0 Å². The van der Waals surface area contributed by atoms with Crippen LogP contribution in [-0.4, -0.2) is 31.8 Å². The number of benzene rings is 1. The van der Waals surface area contributed by atoms with Gasteiger partial charge in [-0.05, 0) is 37.8 Å². The number of unbranched alkanes of at least 4 members (excludes halogenated alkanes) is 2. The van der Waals surface area contributed by atoms with Crippen molar-refractivity contribution in [3.63, 3.8) is 0 Å². The van der Waals surface area contributed by atoms with Gasteiger partial charge in [0.1, 0.15) is 16.9 Å². The summed E-state index contributed by atoms with van der Waals surface area (Å²) in [5.41, 5.74) is 9.75. The number of fused-ring (bicyclic) bond motifs is 1. The minimum absolute atomic E-state index is 0.0413. The van der Waals surface area contributed by atoms with Crippen molar-refractivity contribution in [3.05, 3.63) is 41.2 Å². The van der Waals surface area contributed by atoms with Crippen molar-refractivity contribution < 1.29 is 9.53 Å². The predicted octanol–water partition coefficient (Wildman–Crippen LogP) is 4.39. The van der Waals surface area contributed by atoms with E-state index < -0.39 is 0 Å². The number of nitrogens with two attached hydrogens (primary N) is 1. The third kappa shape index (κ3) is 6.43. The Hall–Kier alpha value is -3.16. The van der Waals surface area contributed by atoms with Crippen LogP contribution in [0.1, 0.15) is 76.8 Å². The summed E-state index contributed by atoms with van der Waals surface area (Å²) >= 11 is 0. The quantitative estimate of drug-likeness (QED) is 0.422. The molecule has 0 atom stereocenters. The third-order valence-electron chi connectivity index (χ3n) is 5.45. The maximum absolute atomic E-state index is 11.9. The smallest absolute Gasteiger partial charge is 0.260 e. The van der Waals surface area contributed by atoms with E-state index in [-0.39, 0.29) is 12.0 Å². The Morgan fingerprint density at radius 2 is 1.79 bits per heavy atom. The number of imidazole rings is 1. The molecule has 1 amide bonds. The molecule has 0 saturated heterocycles. The lowest BCUT2D eigenvalue weighted by atomic mass is 10.1. The molecule has 1 aromatic carbocycles. The van der Waals surface area contributed by atoms with Crippen molar-refractivity contribution in [2.24, 2.45) is 0 Å². The minimum Gasteiger partial charge on any atom is -0.472 e. The Bertz CT molecular complexity index is 1060. The molecule has 0 radical (unpaired) electrons. The normalized spacial score (nSPS) is 11.3. The zero-order valence-corrected chi connectivity index (χ0v) is 20.2. The largest absolute Gasteiger partial charge is 0.472 e. The second-order valence-electron chi connectivity index (χ2n) is 8.67. The number of aromatic nitrogens is 4. The number of hydrogen-bond acceptors (Lipinski definition) is 6. The van der Waals surface area contributed by atoms with E-state index in [1.54, 1.807) is 0 Å². The molecule has 0 aliphatic rings. The monoisotopic (exact) mass is 452 g/mol. The molecule has 33 heavy (non-hydrogen) atoms. The third-order valence-corrected chi connectivity index (χ3v) is 5.45. The number of rotatable bonds is 12. The first kappa shape index (κ1) is 24.5. The average Bonchev–Trinajstić information content (AvgIpc) is 3.16. The van der Waals surface area contributed by atoms with Crippen LogP contribution in [0.3, 0.4) is 0 Å². The summed E-state index contributed by atoms with van der Waals surface area (Å²) in [7, 11) is 0. The van der Waals surface area contributed by atoms with Crippen molar-refractivity contribution in [1.29, 1.82) is 0 Å². The predicted molar refractivity (Wildman–Crippen MR) is 131 cm³/mol. The highest BCUT2D eigenvalue weighted by Crippen LogP contribution is 2.29. The molecule has 2 aromatic heterocycles. The van der Waals surface area contributed by atoms with E-state index in [1.807, 2.05) is 13.8 Å². The van der Waals surface area contributed by atoms with E-state index in [0.717, 1.165) is 54.6 Å². The fourth-order valence-electron chi connectivity index (χ4n) is 3.66. The van der Waals surface area contributed by atoms with Gasteiger partial charge in [0.2, 0.25) is 5.91 Å². The second kappa shape index (κ2) is 11.6. The highest BCUT2D eigenvalue weighted by atomic mass is 16.5. The standard InChI is InChI=1S/C25H36N6O2/c1-5-7-9-20-28-22-23(25(33-17(3)4)30-29-24(22)26)31(20)16-19-13-11-18(12-14-19)15-27-21(32)10-8-6-2/h11-14,17H,5-10,15-16H2,1-4H3,(H2,26,29)(H,27,32). The molecule has 0 fully saturated rings. The van der Waals surface area contributed by atoms with Crippen LogP contribution in [0.25, 0.3) is 11.0 Å². The first-order valence-electron chi connectivity index (χ1n) is 11.9. The number of anilines is 1. The fourth-order valence-corrected chi connectivity index (χ4v) is 3.66. The zero-order chi connectivity index (χ0) is 23.8. The molecule has 0 spiro atoms. The molecule has 0 bridgehead atoms. The molecule has 3 rings (SSSR count). The van der Waals surface area contributed by atoms with Gasteiger partial charge in [0.25, 0.3) is 5.88 Å². The summed E-state index contributed by atoms with van der Waals surface area (Å²) < 4.78 is 8.10. The summed E-state index contributed by atoms with van der Waals surface area (Å²) in [6, 6.07) is 8.29. The van der Waals surface area contributed by atoms with Crippen LogP contribution in [-0.2, 0) is 24.3 Å². The van der Waals surface area contributed by atoms with Crippen molar-refractivity contribution in [2.45, 2.75) is 85.4 Å². The number of nitrogens with zero attached hydrogens (tertiary/aromatic N) is 4. The van der Waals surface area contributed by atoms with E-state index in [4.69, 9.17) is 15.5 Å². The highest BCUT2D eigenvalue weighted by molar-refractivity contribution is 5.88. The van der Waals surface area contributed by atoms with Crippen molar-refractivity contribution >= 4 is 22.8 Å². The van der Waals surface area contributed by atoms with Crippen LogP contribution in [0.15, 0.2) is 24.3 Å². The molecule has 0 aliphatic carbocycles. The Balaban J connectivity index is 1.86. The Morgan fingerprint density at radius 1 is 1.09 bits per heavy atom. The molecule has 0 unspecified atom stereocenters. The molecule has 0 aliphatic heterocycles. The van der Waals surface area contributed by atoms with E-state index in [1.165, 1.54) is 0 Å². The summed E-state index contributed by atoms with van der Waals surface area (Å²) in [5.74, 6) is 1.82. The summed E-state index contributed by atoms with van der Waals surface area (Å²) in [6.07, 6.45) is 5.42. The number of hydrogen-bond donors (Lipinski definition) is 2. The molecule has 8 heteroatoms. The van der Waals surface area contributed by atoms with Gasteiger partial charge in [0, 0.05) is 25.9 Å². The molecule has 8 nitrogen and oxygen atoms in total. The number of carbonyl (C=O) groups excluding carboxylic acids is 1. The van der Waals surface area contributed by atoms with Crippen LogP contribution in [0.4, 0.5) is 5.82 Å². The lowest BCUT2D eigenvalue weighted by Crippen LogP contribution is -2.22. The fraction of sp³-hybridized carbons (Fsp3) is 0.520. The van der Waals surface area contributed by atoms with E-state index in [9.17, 15) is 4.79 Å². The van der Waals surface area contributed by atoms with Crippen molar-refractivity contribution in [2.75, 3.05) is 5.73 Å². The lowest BCUT2D eigenvalue weighted by molar-refractivity contribution is -0.121. The first-order chi connectivity index (χ1) is 15.9. The summed E-state index contributed by atoms with van der Waals surface area (Å²) in [6.45, 7) is 9.33. The van der Waals surface area contributed by atoms with Gasteiger partial charge in [0.15, 0.2) is 5.82 Å². The lowest BCUT2D eigenvalue weighted by Gasteiger charge is -2.14. The number of amides is 1. The molecular weight excluding hydrogens is 416 g/mol. The molecule has 3 N–H and O–H groups in total. The number of nitrogens with one attached hydrogen (secondary N) is 1. The van der Waals surface area contributed by atoms with Crippen molar-refractivity contribution in [1.82, 2.24) is 25.1 Å².